The number of epoxide rings is 2. The molecule has 4 aromatic rings. The Labute approximate surface area is 393 Å². The van der Waals surface area contributed by atoms with Gasteiger partial charge in [-0.3, -0.25) is 19.2 Å². The predicted molar refractivity (Wildman–Crippen MR) is 246 cm³/mol. The van der Waals surface area contributed by atoms with E-state index in [9.17, 15) is 49.8 Å². The second kappa shape index (κ2) is 15.1. The zero-order chi connectivity index (χ0) is 48.5. The van der Waals surface area contributed by atoms with Crippen molar-refractivity contribution in [2.24, 2.45) is 0 Å². The van der Waals surface area contributed by atoms with Crippen molar-refractivity contribution in [3.8, 4) is 58.9 Å². The first-order chi connectivity index (χ1) is 33.1. The molecule has 0 unspecified atom stereocenters. The predicted octanol–water partition coefficient (Wildman–Crippen LogP) is 2.21. The first-order valence-electron chi connectivity index (χ1n) is 22.0. The highest BCUT2D eigenvalue weighted by Crippen LogP contribution is 2.68. The molecule has 342 valence electrons. The zero-order valence-electron chi connectivity index (χ0n) is 36.8. The van der Waals surface area contributed by atoms with Crippen LogP contribution in [0.25, 0.3) is 0 Å². The van der Waals surface area contributed by atoms with Gasteiger partial charge in [-0.25, -0.2) is 0 Å². The van der Waals surface area contributed by atoms with Crippen molar-refractivity contribution in [1.29, 1.82) is 0 Å². The van der Waals surface area contributed by atoms with Crippen LogP contribution < -0.4 is 16.0 Å². The molecule has 0 radical (unpaired) electrons. The van der Waals surface area contributed by atoms with Gasteiger partial charge in [-0.15, -0.1) is 0 Å². The average Bonchev–Trinajstić information content (AvgIpc) is 4.25. The highest BCUT2D eigenvalue weighted by Gasteiger charge is 2.83. The van der Waals surface area contributed by atoms with E-state index in [2.05, 4.69) is 63.3 Å². The third-order valence-corrected chi connectivity index (χ3v) is 14.3. The van der Waals surface area contributed by atoms with E-state index in [-0.39, 0.29) is 67.0 Å². The molecule has 2 fully saturated rings. The van der Waals surface area contributed by atoms with Crippen LogP contribution in [0.15, 0.2) is 78.9 Å². The fourth-order valence-corrected chi connectivity index (χ4v) is 11.2. The summed E-state index contributed by atoms with van der Waals surface area (Å²) in [6, 6.07) is 12.4. The average molecular weight is 922 g/mol. The van der Waals surface area contributed by atoms with Gasteiger partial charge in [0.2, 0.25) is 0 Å². The molecule has 0 saturated carbocycles. The summed E-state index contributed by atoms with van der Waals surface area (Å²) >= 11 is 0. The summed E-state index contributed by atoms with van der Waals surface area (Å²) < 4.78 is 12.3. The normalized spacial score (nSPS) is 30.8. The third-order valence-electron chi connectivity index (χ3n) is 14.3. The lowest BCUT2D eigenvalue weighted by Gasteiger charge is -2.37. The number of carbonyl (C=O) groups is 4. The Morgan fingerprint density at radius 2 is 1.00 bits per heavy atom. The molecule has 4 aromatic carbocycles. The molecule has 0 aromatic heterocycles. The molecule has 2 saturated heterocycles. The lowest BCUT2D eigenvalue weighted by molar-refractivity contribution is 0.0866. The van der Waals surface area contributed by atoms with Crippen LogP contribution in [0, 0.1) is 47.4 Å². The van der Waals surface area contributed by atoms with Gasteiger partial charge in [0.1, 0.15) is 23.6 Å². The molecular weight excluding hydrogens is 883 g/mol. The summed E-state index contributed by atoms with van der Waals surface area (Å²) in [6.07, 6.45) is 1.01. The number of allylic oxidation sites excluding steroid dienone is 4. The quantitative estimate of drug-likeness (QED) is 0.0699. The molecule has 0 spiro atoms. The van der Waals surface area contributed by atoms with Crippen molar-refractivity contribution in [1.82, 2.24) is 5.32 Å². The van der Waals surface area contributed by atoms with Gasteiger partial charge in [-0.05, 0) is 75.0 Å². The molecule has 4 aliphatic carbocycles. The van der Waals surface area contributed by atoms with E-state index in [1.165, 1.54) is 50.3 Å². The van der Waals surface area contributed by atoms with Crippen LogP contribution in [0.5, 0.6) is 11.5 Å². The summed E-state index contributed by atoms with van der Waals surface area (Å²) in [5.41, 5.74) is -3.58. The molecule has 4 heterocycles. The van der Waals surface area contributed by atoms with Crippen LogP contribution in [0.2, 0.25) is 0 Å². The lowest BCUT2D eigenvalue weighted by atomic mass is 9.69. The number of rotatable bonds is 4. The number of phenols is 2. The molecule has 10 atom stereocenters. The number of benzene rings is 4. The molecule has 0 amide bonds. The summed E-state index contributed by atoms with van der Waals surface area (Å²) in [5, 5.41) is 75.2. The standard InChI is InChI=1S/C28H22N2O6.C26H17NO6/c1-14(31)27-20-7-5-3-4-6-8-21(33)28(27,36-27)18-12-19(32)22-23(24(18)30-20)25(34)16-10-9-15(13-29-2)11-17(16)26(22)35;1-13(28)25-18-10-4-2-3-5-11-19(30)26(25,33-25)16-12-17(29)20-21(22(16)27-18)24(32)15-9-7-6-8-14(15)23(20)31/h3-4,9-12,14,20-21,29-33H,13H2,1-2H3;2-3,6-9,12-13,18-19,27-30H,1H3/b4-3-;3-2-/t14-,20+,21-,27+,28+;13-,18+,19-,25+,26+/m11/s1. The fourth-order valence-electron chi connectivity index (χ4n) is 11.2. The third kappa shape index (κ3) is 5.58. The second-order valence-electron chi connectivity index (χ2n) is 17.8. The minimum atomic E-state index is -1.58. The monoisotopic (exact) mass is 921 g/mol. The SMILES string of the molecule is CNCc1ccc2c(c1)C(=O)c1c(O)cc3c(c1C2=O)N[C@H]1C#C/C=C\C#C[C@@H](O)[C@@]32O[C@@]12[C@@H](C)O.C[C@@H](O)[C@@]12O[C@]13c1cc(O)c4c(c1N[C@H]2C#C/C=C\C#C[C@H]3O)C(=O)c1ccccc1C4=O. The molecule has 12 rings (SSSR count). The maximum Gasteiger partial charge on any atom is 0.198 e. The van der Waals surface area contributed by atoms with Crippen molar-refractivity contribution >= 4 is 34.5 Å². The van der Waals surface area contributed by atoms with E-state index >= 15 is 0 Å². The Morgan fingerprint density at radius 1 is 0.594 bits per heavy atom. The van der Waals surface area contributed by atoms with Crippen LogP contribution in [0.4, 0.5) is 11.4 Å². The van der Waals surface area contributed by atoms with E-state index in [4.69, 9.17) is 9.47 Å². The van der Waals surface area contributed by atoms with Crippen molar-refractivity contribution in [3.63, 3.8) is 0 Å². The molecule has 69 heavy (non-hydrogen) atoms. The topological polar surface area (TPSA) is 251 Å². The first kappa shape index (κ1) is 43.8. The van der Waals surface area contributed by atoms with E-state index in [1.807, 2.05) is 0 Å². The number of anilines is 2. The zero-order valence-corrected chi connectivity index (χ0v) is 36.8. The van der Waals surface area contributed by atoms with Gasteiger partial charge in [-0.1, -0.05) is 77.7 Å². The maximum atomic E-state index is 13.8. The number of hydrogen-bond donors (Lipinski definition) is 9. The van der Waals surface area contributed by atoms with E-state index in [0.29, 0.717) is 6.54 Å². The number of carbonyl (C=O) groups excluding carboxylic acids is 4. The molecule has 4 aliphatic heterocycles. The van der Waals surface area contributed by atoms with Crippen LogP contribution in [0.1, 0.15) is 94.2 Å². The Kier molecular flexibility index (Phi) is 9.58. The first-order valence-corrected chi connectivity index (χ1v) is 22.0. The minimum Gasteiger partial charge on any atom is -0.507 e. The van der Waals surface area contributed by atoms with Crippen LogP contribution >= 0.6 is 0 Å². The van der Waals surface area contributed by atoms with E-state index in [0.717, 1.165) is 5.56 Å². The van der Waals surface area contributed by atoms with Crippen molar-refractivity contribution in [3.05, 3.63) is 140 Å². The number of aromatic hydroxyl groups is 2. The lowest BCUT2D eigenvalue weighted by Crippen LogP contribution is -2.54. The van der Waals surface area contributed by atoms with Gasteiger partial charge in [0, 0.05) is 39.9 Å². The van der Waals surface area contributed by atoms with Crippen LogP contribution in [-0.4, -0.2) is 109 Å². The van der Waals surface area contributed by atoms with Gasteiger partial charge < -0.3 is 56.1 Å². The van der Waals surface area contributed by atoms with Gasteiger partial charge in [0.25, 0.3) is 0 Å². The number of fused-ring (bicyclic) bond motifs is 8. The number of ether oxygens (including phenoxy) is 2. The van der Waals surface area contributed by atoms with E-state index in [1.54, 1.807) is 49.5 Å². The fraction of sp³-hybridized carbons (Fsp3) is 0.259. The number of ketones is 4. The molecule has 15 nitrogen and oxygen atoms in total. The van der Waals surface area contributed by atoms with Crippen molar-refractivity contribution in [2.75, 3.05) is 17.7 Å². The second-order valence-corrected chi connectivity index (χ2v) is 17.8. The molecule has 8 aliphatic rings. The number of aliphatic hydroxyl groups is 4. The summed E-state index contributed by atoms with van der Waals surface area (Å²) in [5.74, 6) is 19.8. The van der Waals surface area contributed by atoms with Gasteiger partial charge >= 0.3 is 0 Å². The summed E-state index contributed by atoms with van der Waals surface area (Å²) in [6.45, 7) is 3.55. The highest BCUT2D eigenvalue weighted by atomic mass is 16.7. The number of phenolic OH excluding ortho intramolecular Hbond substituents is 2. The number of nitrogens with one attached hydrogen (secondary N) is 3. The maximum absolute atomic E-state index is 13.8. The van der Waals surface area contributed by atoms with Gasteiger partial charge in [0.15, 0.2) is 57.7 Å². The Bertz CT molecular complexity index is 3440. The Balaban J connectivity index is 0.000000151. The molecule has 9 N–H and O–H groups in total. The Hall–Kier alpha value is -7.80. The molecule has 15 heteroatoms. The highest BCUT2D eigenvalue weighted by molar-refractivity contribution is 6.32. The largest absolute Gasteiger partial charge is 0.507 e. The minimum absolute atomic E-state index is 0.0117. The smallest absolute Gasteiger partial charge is 0.198 e. The van der Waals surface area contributed by atoms with Gasteiger partial charge in [-0.2, -0.15) is 0 Å². The van der Waals surface area contributed by atoms with Crippen molar-refractivity contribution in [2.45, 2.75) is 79.3 Å². The van der Waals surface area contributed by atoms with Crippen molar-refractivity contribution < 1.29 is 59.3 Å². The van der Waals surface area contributed by atoms with Crippen LogP contribution in [0.3, 0.4) is 0 Å². The molecular formula is C54H39N3O12. The number of aliphatic hydroxyl groups excluding tert-OH is 4. The summed E-state index contributed by atoms with van der Waals surface area (Å²) in [7, 11) is 1.78. The van der Waals surface area contributed by atoms with Gasteiger partial charge in [0.05, 0.1) is 45.8 Å². The van der Waals surface area contributed by atoms with Crippen LogP contribution in [-0.2, 0) is 27.2 Å². The summed E-state index contributed by atoms with van der Waals surface area (Å²) in [4.78, 5) is 54.2. The molecule has 4 bridgehead atoms. The number of hydrogen-bond acceptors (Lipinski definition) is 15. The Morgan fingerprint density at radius 3 is 1.43 bits per heavy atom. The van der Waals surface area contributed by atoms with E-state index < -0.39 is 93.5 Å².